The lowest BCUT2D eigenvalue weighted by atomic mass is 9.97. The van der Waals surface area contributed by atoms with Gasteiger partial charge in [-0.05, 0) is 38.0 Å². The van der Waals surface area contributed by atoms with E-state index in [1.165, 1.54) is 6.92 Å². The minimum absolute atomic E-state index is 0.368. The van der Waals surface area contributed by atoms with Crippen molar-refractivity contribution >= 4 is 33.6 Å². The molecule has 1 atom stereocenters. The first-order valence-electron chi connectivity index (χ1n) is 6.38. The van der Waals surface area contributed by atoms with Gasteiger partial charge in [0.05, 0.1) is 0 Å². The third kappa shape index (κ3) is 3.96. The van der Waals surface area contributed by atoms with Crippen LogP contribution in [0.5, 0.6) is 0 Å². The van der Waals surface area contributed by atoms with Crippen molar-refractivity contribution in [3.05, 3.63) is 28.2 Å². The largest absolute Gasteiger partial charge is 0.480 e. The first-order chi connectivity index (χ1) is 9.30. The number of carbonyl (C=O) groups excluding carboxylic acids is 1. The van der Waals surface area contributed by atoms with Gasteiger partial charge in [0.2, 0.25) is 0 Å². The van der Waals surface area contributed by atoms with Crippen molar-refractivity contribution in [1.29, 1.82) is 0 Å². The first-order valence-corrected chi connectivity index (χ1v) is 7.17. The zero-order valence-electron chi connectivity index (χ0n) is 11.8. The van der Waals surface area contributed by atoms with Crippen LogP contribution in [0.3, 0.4) is 0 Å². The third-order valence-electron chi connectivity index (χ3n) is 3.13. The van der Waals surface area contributed by atoms with E-state index in [2.05, 4.69) is 26.6 Å². The van der Waals surface area contributed by atoms with Crippen molar-refractivity contribution in [2.45, 2.75) is 39.2 Å². The lowest BCUT2D eigenvalue weighted by Crippen LogP contribution is -2.53. The molecule has 0 saturated carbocycles. The molecule has 6 heteroatoms. The van der Waals surface area contributed by atoms with Crippen LogP contribution in [0.2, 0.25) is 0 Å². The van der Waals surface area contributed by atoms with Crippen molar-refractivity contribution in [2.75, 3.05) is 5.32 Å². The first kappa shape index (κ1) is 16.5. The topological polar surface area (TPSA) is 78.4 Å². The minimum atomic E-state index is -1.27. The summed E-state index contributed by atoms with van der Waals surface area (Å²) in [4.78, 5) is 23.2. The predicted molar refractivity (Wildman–Crippen MR) is 82.0 cm³/mol. The highest BCUT2D eigenvalue weighted by molar-refractivity contribution is 9.10. The number of carbonyl (C=O) groups is 2. The Morgan fingerprint density at radius 2 is 2.05 bits per heavy atom. The molecule has 0 saturated heterocycles. The molecule has 110 valence electrons. The Morgan fingerprint density at radius 3 is 2.60 bits per heavy atom. The molecule has 20 heavy (non-hydrogen) atoms. The summed E-state index contributed by atoms with van der Waals surface area (Å²) in [7, 11) is 0. The van der Waals surface area contributed by atoms with Crippen LogP contribution in [0.15, 0.2) is 22.7 Å². The van der Waals surface area contributed by atoms with Crippen molar-refractivity contribution in [3.63, 3.8) is 0 Å². The number of rotatable bonds is 5. The van der Waals surface area contributed by atoms with E-state index in [1.54, 1.807) is 12.1 Å². The number of halogens is 1. The van der Waals surface area contributed by atoms with E-state index in [1.807, 2.05) is 19.9 Å². The maximum Gasteiger partial charge on any atom is 0.329 e. The smallest absolute Gasteiger partial charge is 0.329 e. The molecular weight excluding hydrogens is 324 g/mol. The van der Waals surface area contributed by atoms with Crippen LogP contribution in [0.1, 0.15) is 32.3 Å². The zero-order chi connectivity index (χ0) is 15.3. The number of amides is 2. The summed E-state index contributed by atoms with van der Waals surface area (Å²) < 4.78 is 0.879. The van der Waals surface area contributed by atoms with Gasteiger partial charge in [0.15, 0.2) is 0 Å². The standard InChI is InChI=1S/C14H19BrN2O3/c1-4-8-14(3,12(18)19)17-13(20)16-11-7-5-6-10(15)9(11)2/h5-7H,4,8H2,1-3H3,(H,18,19)(H2,16,17,20). The van der Waals surface area contributed by atoms with Crippen LogP contribution >= 0.6 is 15.9 Å². The van der Waals surface area contributed by atoms with Gasteiger partial charge in [-0.1, -0.05) is 35.3 Å². The number of benzene rings is 1. The third-order valence-corrected chi connectivity index (χ3v) is 3.99. The second kappa shape index (κ2) is 6.74. The van der Waals surface area contributed by atoms with Crippen LogP contribution < -0.4 is 10.6 Å². The van der Waals surface area contributed by atoms with Gasteiger partial charge in [-0.25, -0.2) is 9.59 Å². The van der Waals surface area contributed by atoms with Gasteiger partial charge in [0, 0.05) is 10.2 Å². The molecular formula is C14H19BrN2O3. The predicted octanol–water partition coefficient (Wildman–Crippen LogP) is 3.52. The molecule has 0 spiro atoms. The number of hydrogen-bond acceptors (Lipinski definition) is 2. The molecule has 2 amide bonds. The van der Waals surface area contributed by atoms with Crippen LogP contribution in [0, 0.1) is 6.92 Å². The monoisotopic (exact) mass is 342 g/mol. The lowest BCUT2D eigenvalue weighted by Gasteiger charge is -2.26. The SMILES string of the molecule is CCCC(C)(NC(=O)Nc1cccc(Br)c1C)C(=O)O. The van der Waals surface area contributed by atoms with Gasteiger partial charge < -0.3 is 15.7 Å². The fourth-order valence-electron chi connectivity index (χ4n) is 1.87. The number of carboxylic acids is 1. The van der Waals surface area contributed by atoms with Crippen LogP contribution in [-0.2, 0) is 4.79 Å². The summed E-state index contributed by atoms with van der Waals surface area (Å²) in [5.41, 5.74) is 0.259. The van der Waals surface area contributed by atoms with E-state index in [0.717, 1.165) is 10.0 Å². The summed E-state index contributed by atoms with van der Waals surface area (Å²) in [6.45, 7) is 5.24. The Balaban J connectivity index is 2.81. The number of aliphatic carboxylic acids is 1. The highest BCUT2D eigenvalue weighted by atomic mass is 79.9. The van der Waals surface area contributed by atoms with Gasteiger partial charge in [0.25, 0.3) is 0 Å². The molecule has 1 rings (SSSR count). The Labute approximate surface area is 126 Å². The van der Waals surface area contributed by atoms with E-state index in [0.29, 0.717) is 18.5 Å². The Morgan fingerprint density at radius 1 is 1.40 bits per heavy atom. The molecule has 1 aromatic carbocycles. The van der Waals surface area contributed by atoms with Crippen molar-refractivity contribution in [1.82, 2.24) is 5.32 Å². The van der Waals surface area contributed by atoms with Gasteiger partial charge in [0.1, 0.15) is 5.54 Å². The van der Waals surface area contributed by atoms with Crippen LogP contribution in [0.25, 0.3) is 0 Å². The highest BCUT2D eigenvalue weighted by Crippen LogP contribution is 2.23. The number of urea groups is 1. The molecule has 0 fully saturated rings. The molecule has 0 aliphatic carbocycles. The molecule has 0 aliphatic heterocycles. The molecule has 5 nitrogen and oxygen atoms in total. The van der Waals surface area contributed by atoms with E-state index in [-0.39, 0.29) is 0 Å². The lowest BCUT2D eigenvalue weighted by molar-refractivity contribution is -0.143. The summed E-state index contributed by atoms with van der Waals surface area (Å²) in [6.07, 6.45) is 1.03. The van der Waals surface area contributed by atoms with Gasteiger partial charge in [-0.2, -0.15) is 0 Å². The van der Waals surface area contributed by atoms with E-state index in [4.69, 9.17) is 0 Å². The average molecular weight is 343 g/mol. The molecule has 0 aromatic heterocycles. The summed E-state index contributed by atoms with van der Waals surface area (Å²) in [5.74, 6) is -1.04. The Bertz CT molecular complexity index is 519. The quantitative estimate of drug-likeness (QED) is 0.765. The van der Waals surface area contributed by atoms with E-state index >= 15 is 0 Å². The van der Waals surface area contributed by atoms with Gasteiger partial charge >= 0.3 is 12.0 Å². The molecule has 3 N–H and O–H groups in total. The highest BCUT2D eigenvalue weighted by Gasteiger charge is 2.33. The normalized spacial score (nSPS) is 13.4. The summed E-state index contributed by atoms with van der Waals surface area (Å²) in [5, 5.41) is 14.4. The van der Waals surface area contributed by atoms with E-state index in [9.17, 15) is 14.7 Å². The van der Waals surface area contributed by atoms with Crippen LogP contribution in [-0.4, -0.2) is 22.6 Å². The fraction of sp³-hybridized carbons (Fsp3) is 0.429. The molecule has 0 aliphatic rings. The van der Waals surface area contributed by atoms with Gasteiger partial charge in [-0.15, -0.1) is 0 Å². The molecule has 0 heterocycles. The number of carboxylic acid groups (broad SMARTS) is 1. The molecule has 1 unspecified atom stereocenters. The second-order valence-corrected chi connectivity index (χ2v) is 5.73. The van der Waals surface area contributed by atoms with Crippen molar-refractivity contribution in [2.24, 2.45) is 0 Å². The fourth-order valence-corrected chi connectivity index (χ4v) is 2.24. The molecule has 0 radical (unpaired) electrons. The second-order valence-electron chi connectivity index (χ2n) is 4.88. The maximum absolute atomic E-state index is 12.0. The van der Waals surface area contributed by atoms with Crippen LogP contribution in [0.4, 0.5) is 10.5 Å². The zero-order valence-corrected chi connectivity index (χ0v) is 13.4. The average Bonchev–Trinajstić information content (AvgIpc) is 2.35. The molecule has 0 bridgehead atoms. The number of nitrogens with one attached hydrogen (secondary N) is 2. The number of hydrogen-bond donors (Lipinski definition) is 3. The van der Waals surface area contributed by atoms with Crippen molar-refractivity contribution < 1.29 is 14.7 Å². The Kier molecular flexibility index (Phi) is 5.56. The number of anilines is 1. The van der Waals surface area contributed by atoms with Crippen molar-refractivity contribution in [3.8, 4) is 0 Å². The summed E-state index contributed by atoms with van der Waals surface area (Å²) in [6, 6.07) is 4.91. The maximum atomic E-state index is 12.0. The van der Waals surface area contributed by atoms with Gasteiger partial charge in [-0.3, -0.25) is 0 Å². The summed E-state index contributed by atoms with van der Waals surface area (Å²) >= 11 is 3.38. The Hall–Kier alpha value is -1.56. The minimum Gasteiger partial charge on any atom is -0.480 e. The molecule has 1 aromatic rings. The van der Waals surface area contributed by atoms with E-state index < -0.39 is 17.5 Å².